The fourth-order valence-corrected chi connectivity index (χ4v) is 27.2. The number of hydrogen-bond acceptors (Lipinski definition) is 0. The van der Waals surface area contributed by atoms with E-state index in [0.29, 0.717) is 0 Å². The van der Waals surface area contributed by atoms with Crippen molar-refractivity contribution in [2.45, 2.75) is 35.5 Å². The lowest BCUT2D eigenvalue weighted by Gasteiger charge is -2.35. The molecule has 0 radical (unpaired) electrons. The van der Waals surface area contributed by atoms with Gasteiger partial charge in [-0.2, -0.15) is 0 Å². The second-order valence-corrected chi connectivity index (χ2v) is 39.9. The number of benzene rings is 20. The van der Waals surface area contributed by atoms with Gasteiger partial charge < -0.3 is 0 Å². The fraction of sp³-hybridized carbons (Fsp3) is 0.0476. The van der Waals surface area contributed by atoms with Crippen molar-refractivity contribution >= 4 is 79.6 Å². The number of aryl methyl sites for hydroxylation is 2. The highest BCUT2D eigenvalue weighted by Crippen LogP contribution is 2.68. The van der Waals surface area contributed by atoms with Crippen LogP contribution in [0.4, 0.5) is 0 Å². The molecular formula is C126H79Br5. The van der Waals surface area contributed by atoms with Crippen LogP contribution >= 0.6 is 79.6 Å². The Hall–Kier alpha value is -13.2. The zero-order valence-electron chi connectivity index (χ0n) is 71.5. The summed E-state index contributed by atoms with van der Waals surface area (Å²) in [6.07, 6.45) is 0. The smallest absolute Gasteiger partial charge is 0.0619 e. The Bertz CT molecular complexity index is 7780. The third-order valence-electron chi connectivity index (χ3n) is 29.3. The average Bonchev–Trinajstić information content (AvgIpc) is 1.52. The van der Waals surface area contributed by atoms with Crippen LogP contribution in [-0.4, -0.2) is 0 Å². The molecule has 0 nitrogen and oxygen atoms in total. The number of hydrogen-bond donors (Lipinski definition) is 0. The van der Waals surface area contributed by atoms with Gasteiger partial charge in [-0.1, -0.05) is 497 Å². The van der Waals surface area contributed by atoms with Gasteiger partial charge >= 0.3 is 0 Å². The largest absolute Gasteiger partial charge is 0.0726 e. The molecular weight excluding hydrogens is 1910 g/mol. The summed E-state index contributed by atoms with van der Waals surface area (Å²) in [5.41, 5.74) is 53.8. The third kappa shape index (κ3) is 11.3. The number of rotatable bonds is 0. The van der Waals surface area contributed by atoms with E-state index in [4.69, 9.17) is 0 Å². The van der Waals surface area contributed by atoms with Crippen LogP contribution in [0.25, 0.3) is 134 Å². The lowest BCUT2D eigenvalue weighted by atomic mass is 9.65. The number of fused-ring (bicyclic) bond motifs is 48. The first kappa shape index (κ1) is 79.9. The van der Waals surface area contributed by atoms with Crippen molar-refractivity contribution in [1.82, 2.24) is 0 Å². The highest BCUT2D eigenvalue weighted by molar-refractivity contribution is 9.11. The normalized spacial score (nSPS) is 14.0. The van der Waals surface area contributed by atoms with Gasteiger partial charge in [0.15, 0.2) is 0 Å². The minimum absolute atomic E-state index is 0.370. The Kier molecular flexibility index (Phi) is 18.9. The molecule has 28 rings (SSSR count). The maximum atomic E-state index is 3.96. The summed E-state index contributed by atoms with van der Waals surface area (Å²) in [5.74, 6) is 0. The van der Waals surface area contributed by atoms with Crippen molar-refractivity contribution in [2.75, 3.05) is 0 Å². The van der Waals surface area contributed by atoms with Gasteiger partial charge in [-0.3, -0.25) is 0 Å². The standard InChI is InChI=1S/2C32H21Br.C31H18Br2.C31H19Br/c1-20-17-18-24-21-9-2-3-12-25(21)31-28(15-8-16-30(31)33)32(29(24)19-20)26-13-6-4-10-22(26)23-11-5-7-14-27(23)32;1-20-14-16-30-26(18-20)22-8-2-3-9-23(22)27-19-21(33)15-17-31(27)32(30)28-12-6-4-10-24(28)25-11-5-7-13-29(25)32;32-27-17-7-15-25-29(27)21-11-1-2-12-22(21)30-26(16-8-18-28(30)33)31(25)23-13-5-3-9-19(23)20-10-4-6-14-24(20)31;32-29-19-9-18-28-30(29)24-14-2-1-10-20(24)21-11-3-6-15-25(21)31(28)26-16-7-4-12-22(26)23-13-5-8-17-27(23)31/h2*2-19H,1H3;1-18H;1-19H. The highest BCUT2D eigenvalue weighted by atomic mass is 79.9. The van der Waals surface area contributed by atoms with E-state index >= 15 is 0 Å². The maximum Gasteiger partial charge on any atom is 0.0726 e. The van der Waals surface area contributed by atoms with E-state index < -0.39 is 5.41 Å². The van der Waals surface area contributed by atoms with E-state index in [1.54, 1.807) is 0 Å². The average molecular weight is 1990 g/mol. The molecule has 0 amide bonds. The topological polar surface area (TPSA) is 0 Å². The summed E-state index contributed by atoms with van der Waals surface area (Å²) in [6, 6.07) is 164. The van der Waals surface area contributed by atoms with Crippen LogP contribution in [0.2, 0.25) is 0 Å². The molecule has 20 aromatic carbocycles. The molecule has 0 N–H and O–H groups in total. The molecule has 0 bridgehead atoms. The van der Waals surface area contributed by atoms with Crippen molar-refractivity contribution in [3.8, 4) is 134 Å². The van der Waals surface area contributed by atoms with Crippen molar-refractivity contribution in [2.24, 2.45) is 0 Å². The quantitative estimate of drug-likeness (QED) is 0.142. The minimum atomic E-state index is -0.412. The molecule has 8 aliphatic carbocycles. The molecule has 0 aromatic heterocycles. The Morgan fingerprint density at radius 1 is 0.130 bits per heavy atom. The van der Waals surface area contributed by atoms with Crippen molar-refractivity contribution in [1.29, 1.82) is 0 Å². The summed E-state index contributed by atoms with van der Waals surface area (Å²) in [7, 11) is 0. The van der Waals surface area contributed by atoms with Crippen LogP contribution in [0.3, 0.4) is 0 Å². The first-order valence-corrected chi connectivity index (χ1v) is 48.9. The van der Waals surface area contributed by atoms with Gasteiger partial charge in [-0.15, -0.1) is 0 Å². The summed E-state index contributed by atoms with van der Waals surface area (Å²) < 4.78 is 5.62. The van der Waals surface area contributed by atoms with Crippen LogP contribution in [0.1, 0.15) is 100 Å². The Morgan fingerprint density at radius 3 is 0.618 bits per heavy atom. The van der Waals surface area contributed by atoms with E-state index in [0.717, 1.165) is 22.4 Å². The summed E-state index contributed by atoms with van der Waals surface area (Å²) in [5, 5.41) is 0. The van der Waals surface area contributed by atoms with E-state index in [1.807, 2.05) is 0 Å². The van der Waals surface area contributed by atoms with Gasteiger partial charge in [0, 0.05) is 44.6 Å². The third-order valence-corrected chi connectivity index (χ3v) is 32.4. The molecule has 20 aromatic rings. The Balaban J connectivity index is 0.0000000941. The Morgan fingerprint density at radius 2 is 0.313 bits per heavy atom. The zero-order valence-corrected chi connectivity index (χ0v) is 79.5. The van der Waals surface area contributed by atoms with Crippen LogP contribution in [0.5, 0.6) is 0 Å². The minimum Gasteiger partial charge on any atom is -0.0619 e. The molecule has 0 saturated carbocycles. The molecule has 0 atom stereocenters. The van der Waals surface area contributed by atoms with Crippen molar-refractivity contribution < 1.29 is 0 Å². The molecule has 0 heterocycles. The molecule has 0 saturated heterocycles. The van der Waals surface area contributed by atoms with Crippen LogP contribution in [0.15, 0.2) is 465 Å². The monoisotopic (exact) mass is 1990 g/mol. The molecule has 131 heavy (non-hydrogen) atoms. The molecule has 0 fully saturated rings. The molecule has 4 spiro atoms. The molecule has 8 aliphatic rings. The molecule has 5 heteroatoms. The highest BCUT2D eigenvalue weighted by Gasteiger charge is 2.55. The summed E-state index contributed by atoms with van der Waals surface area (Å²) in [6.45, 7) is 4.40. The molecule has 0 aliphatic heterocycles. The van der Waals surface area contributed by atoms with Crippen molar-refractivity contribution in [3.05, 3.63) is 565 Å². The van der Waals surface area contributed by atoms with E-state index in [1.165, 1.54) is 234 Å². The second-order valence-electron chi connectivity index (χ2n) is 35.5. The maximum absolute atomic E-state index is 3.96. The SMILES string of the molecule is Brc1cccc2c1-c1ccccc1-c1c(Br)cccc1C21c2ccccc2-c2ccccc21.Brc1cccc2c1-c1ccccc1-c1ccccc1C21c2ccccc2-c2ccccc21.Cc1ccc2c(c1)-c1ccccc1-c1cc(Br)ccc1C21c2ccccc2-c2ccccc21.Cc1ccc2c(c1)C1(c3ccccc3-c3ccccc31)c1cccc(Br)c1-c1ccccc1-2. The van der Waals surface area contributed by atoms with Gasteiger partial charge in [0.25, 0.3) is 0 Å². The van der Waals surface area contributed by atoms with E-state index in [9.17, 15) is 0 Å². The second kappa shape index (κ2) is 31.0. The fourth-order valence-electron chi connectivity index (χ4n) is 24.5. The summed E-state index contributed by atoms with van der Waals surface area (Å²) in [4.78, 5) is 0. The van der Waals surface area contributed by atoms with E-state index in [2.05, 4.69) is 536 Å². The number of halogens is 5. The Labute approximate surface area is 806 Å². The summed E-state index contributed by atoms with van der Waals surface area (Å²) >= 11 is 19.6. The van der Waals surface area contributed by atoms with Crippen LogP contribution < -0.4 is 0 Å². The van der Waals surface area contributed by atoms with Gasteiger partial charge in [0.1, 0.15) is 0 Å². The lowest BCUT2D eigenvalue weighted by Crippen LogP contribution is -2.29. The predicted molar refractivity (Wildman–Crippen MR) is 561 cm³/mol. The van der Waals surface area contributed by atoms with Gasteiger partial charge in [0.2, 0.25) is 0 Å². The van der Waals surface area contributed by atoms with Crippen LogP contribution in [0, 0.1) is 13.8 Å². The van der Waals surface area contributed by atoms with Gasteiger partial charge in [-0.05, 0) is 251 Å². The first-order chi connectivity index (χ1) is 64.4. The van der Waals surface area contributed by atoms with E-state index in [-0.39, 0.29) is 16.2 Å². The molecule has 618 valence electrons. The van der Waals surface area contributed by atoms with Gasteiger partial charge in [-0.25, -0.2) is 0 Å². The predicted octanol–water partition coefficient (Wildman–Crippen LogP) is 35.2. The van der Waals surface area contributed by atoms with Crippen LogP contribution in [-0.2, 0) is 21.7 Å². The molecule has 0 unspecified atom stereocenters. The van der Waals surface area contributed by atoms with Gasteiger partial charge in [0.05, 0.1) is 21.7 Å². The lowest BCUT2D eigenvalue weighted by molar-refractivity contribution is 0.773. The first-order valence-electron chi connectivity index (χ1n) is 44.9. The zero-order chi connectivity index (χ0) is 87.8. The van der Waals surface area contributed by atoms with Crippen molar-refractivity contribution in [3.63, 3.8) is 0 Å².